The highest BCUT2D eigenvalue weighted by Crippen LogP contribution is 2.47. The topological polar surface area (TPSA) is 128 Å². The van der Waals surface area contributed by atoms with Crippen molar-refractivity contribution in [1.29, 1.82) is 0 Å². The number of ketones is 1. The summed E-state index contributed by atoms with van der Waals surface area (Å²) in [5, 5.41) is -0.163. The van der Waals surface area contributed by atoms with Crippen molar-refractivity contribution >= 4 is 33.2 Å². The second kappa shape index (κ2) is 10.6. The number of nitrogens with two attached hydrogens (primary N) is 1. The Balaban J connectivity index is 1.95. The van der Waals surface area contributed by atoms with E-state index in [-0.39, 0.29) is 17.2 Å². The summed E-state index contributed by atoms with van der Waals surface area (Å²) in [6.07, 6.45) is 4.42. The summed E-state index contributed by atoms with van der Waals surface area (Å²) in [4.78, 5) is 30.8. The van der Waals surface area contributed by atoms with E-state index in [9.17, 15) is 18.0 Å². The summed E-state index contributed by atoms with van der Waals surface area (Å²) >= 11 is 0. The van der Waals surface area contributed by atoms with Gasteiger partial charge < -0.3 is 10.5 Å². The lowest BCUT2D eigenvalue weighted by Gasteiger charge is -2.43. The number of carbonyl (C=O) groups is 2. The first-order valence-corrected chi connectivity index (χ1v) is 13.9. The maximum Gasteiger partial charge on any atom is 0.317 e. The molecular weight excluding hydrogens is 478 g/mol. The van der Waals surface area contributed by atoms with E-state index in [4.69, 9.17) is 10.5 Å². The lowest BCUT2D eigenvalue weighted by atomic mass is 9.65. The van der Waals surface area contributed by atoms with Crippen LogP contribution in [0.15, 0.2) is 47.6 Å². The van der Waals surface area contributed by atoms with Gasteiger partial charge in [-0.2, -0.15) is 8.42 Å². The predicted molar refractivity (Wildman–Crippen MR) is 140 cm³/mol. The molecule has 196 valence electrons. The van der Waals surface area contributed by atoms with Crippen molar-refractivity contribution in [2.24, 2.45) is 11.3 Å². The zero-order valence-electron chi connectivity index (χ0n) is 21.7. The number of sulfonamides is 1. The second-order valence-electron chi connectivity index (χ2n) is 10.7. The zero-order valence-corrected chi connectivity index (χ0v) is 22.5. The van der Waals surface area contributed by atoms with E-state index in [0.717, 1.165) is 12.8 Å². The molecule has 1 aliphatic heterocycles. The van der Waals surface area contributed by atoms with Gasteiger partial charge in [-0.05, 0) is 48.1 Å². The van der Waals surface area contributed by atoms with Gasteiger partial charge in [0, 0.05) is 18.0 Å². The molecule has 3 N–H and O–H groups in total. The van der Waals surface area contributed by atoms with Crippen molar-refractivity contribution in [2.75, 3.05) is 10.5 Å². The van der Waals surface area contributed by atoms with Crippen molar-refractivity contribution in [3.05, 3.63) is 48.2 Å². The van der Waals surface area contributed by atoms with Crippen LogP contribution < -0.4 is 10.5 Å². The van der Waals surface area contributed by atoms with Crippen LogP contribution in [-0.2, 0) is 24.3 Å². The largest absolute Gasteiger partial charge is 0.458 e. The van der Waals surface area contributed by atoms with E-state index in [2.05, 4.69) is 9.71 Å². The first kappa shape index (κ1) is 27.6. The number of nitrogens with one attached hydrogen (secondary N) is 1. The molecule has 1 aromatic heterocycles. The Morgan fingerprint density at radius 2 is 1.81 bits per heavy atom. The molecule has 2 unspecified atom stereocenters. The van der Waals surface area contributed by atoms with Crippen LogP contribution in [0.25, 0.3) is 0 Å². The maximum atomic E-state index is 13.5. The van der Waals surface area contributed by atoms with E-state index in [0.29, 0.717) is 29.8 Å². The molecule has 2 aromatic rings. The highest BCUT2D eigenvalue weighted by atomic mass is 32.2. The van der Waals surface area contributed by atoms with E-state index < -0.39 is 38.8 Å². The van der Waals surface area contributed by atoms with Crippen molar-refractivity contribution in [1.82, 2.24) is 4.98 Å². The van der Waals surface area contributed by atoms with Crippen LogP contribution in [0.2, 0.25) is 0 Å². The van der Waals surface area contributed by atoms with Gasteiger partial charge in [0.05, 0.1) is 11.9 Å². The Morgan fingerprint density at radius 3 is 2.33 bits per heavy atom. The molecule has 0 aliphatic carbocycles. The molecule has 0 saturated carbocycles. The van der Waals surface area contributed by atoms with Crippen LogP contribution in [0.3, 0.4) is 0 Å². The molecule has 0 radical (unpaired) electrons. The van der Waals surface area contributed by atoms with Gasteiger partial charge in [0.2, 0.25) is 0 Å². The molecular formula is C27H37N3O5S. The number of carbonyl (C=O) groups excluding carboxylic acids is 2. The van der Waals surface area contributed by atoms with E-state index in [1.807, 2.05) is 40.7 Å². The van der Waals surface area contributed by atoms with Crippen molar-refractivity contribution in [3.8, 4) is 0 Å². The summed E-state index contributed by atoms with van der Waals surface area (Å²) in [5.41, 5.74) is 5.75. The molecule has 1 saturated heterocycles. The van der Waals surface area contributed by atoms with Crippen LogP contribution in [0.4, 0.5) is 11.4 Å². The molecule has 9 heteroatoms. The number of ether oxygens (including phenoxy) is 1. The fraction of sp³-hybridized carbons (Fsp3) is 0.519. The maximum absolute atomic E-state index is 13.5. The molecule has 0 spiro atoms. The van der Waals surface area contributed by atoms with Gasteiger partial charge in [-0.15, -0.1) is 0 Å². The fourth-order valence-electron chi connectivity index (χ4n) is 5.26. The molecule has 1 fully saturated rings. The Bertz CT molecular complexity index is 1180. The van der Waals surface area contributed by atoms with Crippen LogP contribution in [0.5, 0.6) is 0 Å². The fourth-order valence-corrected chi connectivity index (χ4v) is 6.24. The van der Waals surface area contributed by atoms with Crippen molar-refractivity contribution in [3.63, 3.8) is 0 Å². The third kappa shape index (κ3) is 6.06. The van der Waals surface area contributed by atoms with Crippen LogP contribution in [0.1, 0.15) is 78.2 Å². The first-order valence-electron chi connectivity index (χ1n) is 12.4. The third-order valence-corrected chi connectivity index (χ3v) is 7.92. The van der Waals surface area contributed by atoms with E-state index in [1.54, 1.807) is 18.2 Å². The van der Waals surface area contributed by atoms with Gasteiger partial charge in [0.1, 0.15) is 11.5 Å². The number of anilines is 2. The monoisotopic (exact) mass is 515 g/mol. The predicted octanol–water partition coefficient (Wildman–Crippen LogP) is 5.07. The van der Waals surface area contributed by atoms with Gasteiger partial charge in [0.15, 0.2) is 10.8 Å². The number of Topliss-reactive ketones (excluding diaryl/α,β-unsaturated/α-hetero) is 1. The third-order valence-electron chi connectivity index (χ3n) is 6.62. The highest BCUT2D eigenvalue weighted by Gasteiger charge is 2.51. The molecule has 2 heterocycles. The smallest absolute Gasteiger partial charge is 0.317 e. The summed E-state index contributed by atoms with van der Waals surface area (Å²) in [5.74, 6) is -2.08. The van der Waals surface area contributed by atoms with Crippen molar-refractivity contribution in [2.45, 2.75) is 83.3 Å². The minimum atomic E-state index is -3.96. The average molecular weight is 516 g/mol. The second-order valence-corrected chi connectivity index (χ2v) is 12.4. The first-order chi connectivity index (χ1) is 16.8. The number of cyclic esters (lactones) is 1. The molecule has 0 bridgehead atoms. The molecule has 3 rings (SSSR count). The van der Waals surface area contributed by atoms with Gasteiger partial charge >= 0.3 is 5.97 Å². The minimum absolute atomic E-state index is 0.120. The SMILES string of the molecule is CCCC1(CCC)CC(=O)C(C(c2cccc(NS(=O)(=O)c3ccc(N)cn3)c2)C(C)(C)C)C(=O)O1. The summed E-state index contributed by atoms with van der Waals surface area (Å²) in [6, 6.07) is 9.60. The Labute approximate surface area is 214 Å². The van der Waals surface area contributed by atoms with E-state index in [1.165, 1.54) is 18.3 Å². The number of rotatable bonds is 9. The van der Waals surface area contributed by atoms with E-state index >= 15 is 0 Å². The number of hydrogen-bond donors (Lipinski definition) is 2. The molecule has 0 amide bonds. The lowest BCUT2D eigenvalue weighted by Crippen LogP contribution is -2.50. The number of pyridine rings is 1. The highest BCUT2D eigenvalue weighted by molar-refractivity contribution is 7.92. The summed E-state index contributed by atoms with van der Waals surface area (Å²) in [6.45, 7) is 9.94. The number of benzene rings is 1. The van der Waals surface area contributed by atoms with Gasteiger partial charge in [-0.25, -0.2) is 4.98 Å². The zero-order chi connectivity index (χ0) is 26.7. The minimum Gasteiger partial charge on any atom is -0.458 e. The molecule has 2 atom stereocenters. The van der Waals surface area contributed by atoms with Crippen LogP contribution in [-0.4, -0.2) is 30.8 Å². The lowest BCUT2D eigenvalue weighted by molar-refractivity contribution is -0.182. The average Bonchev–Trinajstić information content (AvgIpc) is 2.76. The number of aromatic nitrogens is 1. The number of hydrogen-bond acceptors (Lipinski definition) is 7. The quantitative estimate of drug-likeness (QED) is 0.352. The normalized spacial score (nSPS) is 19.0. The summed E-state index contributed by atoms with van der Waals surface area (Å²) in [7, 11) is -3.96. The summed E-state index contributed by atoms with van der Waals surface area (Å²) < 4.78 is 34.3. The van der Waals surface area contributed by atoms with Crippen LogP contribution in [0, 0.1) is 11.3 Å². The van der Waals surface area contributed by atoms with Crippen molar-refractivity contribution < 1.29 is 22.7 Å². The number of esters is 1. The molecule has 8 nitrogen and oxygen atoms in total. The number of nitrogen functional groups attached to an aromatic ring is 1. The molecule has 1 aromatic carbocycles. The molecule has 36 heavy (non-hydrogen) atoms. The van der Waals surface area contributed by atoms with Gasteiger partial charge in [-0.1, -0.05) is 59.6 Å². The Morgan fingerprint density at radius 1 is 1.14 bits per heavy atom. The number of nitrogens with zero attached hydrogens (tertiary/aromatic N) is 1. The molecule has 1 aliphatic rings. The Hall–Kier alpha value is -2.94. The van der Waals surface area contributed by atoms with Gasteiger partial charge in [0.25, 0.3) is 10.0 Å². The Kier molecular flexibility index (Phi) is 8.13. The standard InChI is InChI=1S/C27H37N3O5S/c1-6-13-27(14-7-2)16-21(31)23(25(32)35-27)24(26(3,4)5)18-9-8-10-20(15-18)30-36(33,34)22-12-11-19(28)17-29-22/h8-12,15,17,23-24,30H,6-7,13-14,16,28H2,1-5H3. The van der Waals surface area contributed by atoms with Gasteiger partial charge in [-0.3, -0.25) is 14.3 Å². The van der Waals surface area contributed by atoms with Crippen LogP contribution >= 0.6 is 0 Å².